The maximum Gasteiger partial charge on any atom is 0.185 e. The Kier molecular flexibility index (Phi) is 6.05. The summed E-state index contributed by atoms with van der Waals surface area (Å²) in [5, 5.41) is 0. The lowest BCUT2D eigenvalue weighted by atomic mass is 9.74. The summed E-state index contributed by atoms with van der Waals surface area (Å²) in [5.41, 5.74) is -1.35. The highest BCUT2D eigenvalue weighted by Gasteiger charge is 2.47. The minimum absolute atomic E-state index is 0.497. The highest BCUT2D eigenvalue weighted by molar-refractivity contribution is 6.70. The summed E-state index contributed by atoms with van der Waals surface area (Å²) in [6.45, 7) is 14.0. The Hall–Kier alpha value is -0.853. The van der Waals surface area contributed by atoms with Gasteiger partial charge in [-0.3, -0.25) is 0 Å². The second-order valence-corrected chi connectivity index (χ2v) is 10.4. The zero-order valence-corrected chi connectivity index (χ0v) is 13.8. The normalized spacial score (nSPS) is 15.9. The van der Waals surface area contributed by atoms with Gasteiger partial charge < -0.3 is 9.22 Å². The molecule has 0 N–H and O–H groups in total. The SMILES string of the molecule is CC#CC(C)(C)[C@@](C=O)(C/C=C\C)O[Si](C)(C)C. The van der Waals surface area contributed by atoms with Crippen molar-refractivity contribution in [1.82, 2.24) is 0 Å². The molecule has 0 spiro atoms. The number of hydrogen-bond donors (Lipinski definition) is 0. The minimum atomic E-state index is -1.84. The quantitative estimate of drug-likeness (QED) is 0.316. The van der Waals surface area contributed by atoms with Crippen LogP contribution in [0, 0.1) is 17.3 Å². The summed E-state index contributed by atoms with van der Waals surface area (Å²) in [5.74, 6) is 6.04. The molecule has 0 aromatic carbocycles. The number of hydrogen-bond acceptors (Lipinski definition) is 2. The van der Waals surface area contributed by atoms with E-state index in [4.69, 9.17) is 4.43 Å². The molecule has 18 heavy (non-hydrogen) atoms. The van der Waals surface area contributed by atoms with E-state index in [-0.39, 0.29) is 0 Å². The van der Waals surface area contributed by atoms with Crippen molar-refractivity contribution >= 4 is 14.6 Å². The van der Waals surface area contributed by atoms with E-state index in [1.807, 2.05) is 32.9 Å². The lowest BCUT2D eigenvalue weighted by Gasteiger charge is -2.43. The van der Waals surface area contributed by atoms with Gasteiger partial charge in [-0.25, -0.2) is 0 Å². The predicted molar refractivity (Wildman–Crippen MR) is 79.9 cm³/mol. The first kappa shape index (κ1) is 17.1. The standard InChI is InChI=1S/C15H26O2Si/c1-8-10-12-15(13-16,17-18(5,6)7)14(3,4)11-9-2/h8,10,13H,12H2,1-7H3/b10-8-/t15-/m0/s1. The smallest absolute Gasteiger partial charge is 0.185 e. The van der Waals surface area contributed by atoms with E-state index in [0.717, 1.165) is 6.29 Å². The van der Waals surface area contributed by atoms with E-state index in [1.54, 1.807) is 6.92 Å². The van der Waals surface area contributed by atoms with Crippen LogP contribution in [0.4, 0.5) is 0 Å². The monoisotopic (exact) mass is 266 g/mol. The molecule has 1 atom stereocenters. The first-order valence-electron chi connectivity index (χ1n) is 6.36. The van der Waals surface area contributed by atoms with Gasteiger partial charge in [0.25, 0.3) is 0 Å². The van der Waals surface area contributed by atoms with Gasteiger partial charge >= 0.3 is 0 Å². The fraction of sp³-hybridized carbons (Fsp3) is 0.667. The second-order valence-electron chi connectivity index (χ2n) is 5.99. The Morgan fingerprint density at radius 2 is 1.83 bits per heavy atom. The molecule has 0 unspecified atom stereocenters. The lowest BCUT2D eigenvalue weighted by molar-refractivity contribution is -0.129. The molecule has 102 valence electrons. The second kappa shape index (κ2) is 6.35. The zero-order valence-electron chi connectivity index (χ0n) is 12.8. The molecule has 3 heteroatoms. The van der Waals surface area contributed by atoms with Gasteiger partial charge in [0.15, 0.2) is 14.6 Å². The third-order valence-electron chi connectivity index (χ3n) is 2.83. The molecule has 2 nitrogen and oxygen atoms in total. The highest BCUT2D eigenvalue weighted by atomic mass is 28.4. The number of carbonyl (C=O) groups is 1. The fourth-order valence-corrected chi connectivity index (χ4v) is 3.38. The molecule has 0 aliphatic heterocycles. The van der Waals surface area contributed by atoms with Crippen molar-refractivity contribution in [3.05, 3.63) is 12.2 Å². The van der Waals surface area contributed by atoms with Gasteiger partial charge in [0.05, 0.1) is 5.41 Å². The minimum Gasteiger partial charge on any atom is -0.404 e. The van der Waals surface area contributed by atoms with E-state index in [0.29, 0.717) is 6.42 Å². The van der Waals surface area contributed by atoms with Crippen LogP contribution in [0.15, 0.2) is 12.2 Å². The molecule has 0 aromatic rings. The first-order chi connectivity index (χ1) is 8.14. The third kappa shape index (κ3) is 4.43. The summed E-state index contributed by atoms with van der Waals surface area (Å²) >= 11 is 0. The molecular weight excluding hydrogens is 240 g/mol. The van der Waals surface area contributed by atoms with E-state index in [9.17, 15) is 4.79 Å². The Bertz CT molecular complexity index is 366. The van der Waals surface area contributed by atoms with Crippen LogP contribution in [-0.2, 0) is 9.22 Å². The molecular formula is C15H26O2Si. The molecule has 0 heterocycles. The van der Waals surface area contributed by atoms with Crippen molar-refractivity contribution in [3.8, 4) is 11.8 Å². The fourth-order valence-electron chi connectivity index (χ4n) is 1.90. The molecule has 0 fully saturated rings. The average Bonchev–Trinajstić information content (AvgIpc) is 2.22. The van der Waals surface area contributed by atoms with Crippen LogP contribution in [-0.4, -0.2) is 20.2 Å². The molecule has 0 rings (SSSR count). The zero-order chi connectivity index (χ0) is 14.4. The van der Waals surface area contributed by atoms with Crippen LogP contribution in [0.3, 0.4) is 0 Å². The van der Waals surface area contributed by atoms with Gasteiger partial charge in [-0.05, 0) is 47.3 Å². The Morgan fingerprint density at radius 1 is 1.28 bits per heavy atom. The summed E-state index contributed by atoms with van der Waals surface area (Å²) in [7, 11) is -1.84. The van der Waals surface area contributed by atoms with Gasteiger partial charge in [0.1, 0.15) is 5.60 Å². The molecule has 0 saturated carbocycles. The van der Waals surface area contributed by atoms with Crippen LogP contribution < -0.4 is 0 Å². The van der Waals surface area contributed by atoms with Crippen LogP contribution in [0.25, 0.3) is 0 Å². The van der Waals surface area contributed by atoms with Gasteiger partial charge in [0.2, 0.25) is 0 Å². The van der Waals surface area contributed by atoms with Crippen LogP contribution in [0.5, 0.6) is 0 Å². The molecule has 0 bridgehead atoms. The van der Waals surface area contributed by atoms with Crippen molar-refractivity contribution in [1.29, 1.82) is 0 Å². The van der Waals surface area contributed by atoms with Gasteiger partial charge in [0, 0.05) is 6.42 Å². The Morgan fingerprint density at radius 3 is 2.17 bits per heavy atom. The largest absolute Gasteiger partial charge is 0.404 e. The summed E-state index contributed by atoms with van der Waals surface area (Å²) < 4.78 is 6.21. The molecule has 0 radical (unpaired) electrons. The molecule has 0 amide bonds. The van der Waals surface area contributed by atoms with E-state index in [1.165, 1.54) is 0 Å². The maximum absolute atomic E-state index is 11.7. The molecule has 0 aliphatic rings. The van der Waals surface area contributed by atoms with Crippen LogP contribution in [0.1, 0.15) is 34.1 Å². The summed E-state index contributed by atoms with van der Waals surface area (Å²) in [4.78, 5) is 11.7. The summed E-state index contributed by atoms with van der Waals surface area (Å²) in [6.07, 6.45) is 5.43. The molecule has 0 aromatic heterocycles. The number of carbonyl (C=O) groups excluding carboxylic acids is 1. The van der Waals surface area contributed by atoms with Crippen molar-refractivity contribution in [2.45, 2.75) is 59.4 Å². The molecule has 0 saturated heterocycles. The number of aldehydes is 1. The van der Waals surface area contributed by atoms with Crippen molar-refractivity contribution in [2.24, 2.45) is 5.41 Å². The number of allylic oxidation sites excluding steroid dienone is 1. The Labute approximate surface area is 113 Å². The van der Waals surface area contributed by atoms with E-state index < -0.39 is 19.3 Å². The average molecular weight is 266 g/mol. The Balaban J connectivity index is 5.60. The van der Waals surface area contributed by atoms with Gasteiger partial charge in [-0.15, -0.1) is 5.92 Å². The number of rotatable bonds is 6. The third-order valence-corrected chi connectivity index (χ3v) is 3.81. The highest BCUT2D eigenvalue weighted by Crippen LogP contribution is 2.38. The van der Waals surface area contributed by atoms with E-state index >= 15 is 0 Å². The topological polar surface area (TPSA) is 26.3 Å². The maximum atomic E-state index is 11.7. The first-order valence-corrected chi connectivity index (χ1v) is 9.76. The van der Waals surface area contributed by atoms with Crippen LogP contribution >= 0.6 is 0 Å². The van der Waals surface area contributed by atoms with Gasteiger partial charge in [-0.2, -0.15) is 0 Å². The van der Waals surface area contributed by atoms with Crippen LogP contribution in [0.2, 0.25) is 19.6 Å². The molecule has 0 aliphatic carbocycles. The summed E-state index contributed by atoms with van der Waals surface area (Å²) in [6, 6.07) is 0. The van der Waals surface area contributed by atoms with Crippen molar-refractivity contribution < 1.29 is 9.22 Å². The predicted octanol–water partition coefficient (Wildman–Crippen LogP) is 3.79. The van der Waals surface area contributed by atoms with Crippen molar-refractivity contribution in [3.63, 3.8) is 0 Å². The lowest BCUT2D eigenvalue weighted by Crippen LogP contribution is -2.53. The van der Waals surface area contributed by atoms with E-state index in [2.05, 4.69) is 31.5 Å². The van der Waals surface area contributed by atoms with Crippen molar-refractivity contribution in [2.75, 3.05) is 0 Å². The van der Waals surface area contributed by atoms with Gasteiger partial charge in [-0.1, -0.05) is 18.1 Å².